The minimum Gasteiger partial charge on any atom is -0.301 e. The summed E-state index contributed by atoms with van der Waals surface area (Å²) in [5.74, 6) is -0.216. The van der Waals surface area contributed by atoms with E-state index in [1.807, 2.05) is 20.0 Å². The van der Waals surface area contributed by atoms with Crippen LogP contribution in [0.15, 0.2) is 22.7 Å². The van der Waals surface area contributed by atoms with E-state index in [0.29, 0.717) is 6.54 Å². The number of rotatable bonds is 4. The third-order valence-electron chi connectivity index (χ3n) is 1.94. The Labute approximate surface area is 103 Å². The van der Waals surface area contributed by atoms with Crippen molar-refractivity contribution in [2.75, 3.05) is 13.6 Å². The maximum Gasteiger partial charge on any atom is 0.124 e. The summed E-state index contributed by atoms with van der Waals surface area (Å²) in [7, 11) is 1.97. The first-order chi connectivity index (χ1) is 6.97. The van der Waals surface area contributed by atoms with Crippen LogP contribution in [0, 0.1) is 5.82 Å². The molecule has 0 amide bonds. The van der Waals surface area contributed by atoms with Gasteiger partial charge < -0.3 is 4.90 Å². The van der Waals surface area contributed by atoms with Gasteiger partial charge in [-0.05, 0) is 37.7 Å². The summed E-state index contributed by atoms with van der Waals surface area (Å²) in [5, 5.41) is 0.104. The molecule has 0 aliphatic heterocycles. The van der Waals surface area contributed by atoms with E-state index in [2.05, 4.69) is 20.8 Å². The highest BCUT2D eigenvalue weighted by atomic mass is 79.9. The van der Waals surface area contributed by atoms with Crippen LogP contribution in [0.3, 0.4) is 0 Å². The predicted octanol–water partition coefficient (Wildman–Crippen LogP) is 3.65. The molecule has 0 aliphatic carbocycles. The van der Waals surface area contributed by atoms with Crippen LogP contribution in [0.4, 0.5) is 4.39 Å². The lowest BCUT2D eigenvalue weighted by molar-refractivity contribution is 0.329. The van der Waals surface area contributed by atoms with Crippen molar-refractivity contribution in [3.63, 3.8) is 0 Å². The zero-order chi connectivity index (χ0) is 11.4. The number of halogens is 3. The van der Waals surface area contributed by atoms with Gasteiger partial charge in [-0.3, -0.25) is 0 Å². The fraction of sp³-hybridized carbons (Fsp3) is 0.455. The van der Waals surface area contributed by atoms with E-state index in [0.717, 1.165) is 16.6 Å². The average Bonchev–Trinajstić information content (AvgIpc) is 1.98. The fourth-order valence-electron chi connectivity index (χ4n) is 1.51. The number of alkyl halides is 1. The molecule has 1 atom stereocenters. The smallest absolute Gasteiger partial charge is 0.124 e. The van der Waals surface area contributed by atoms with Gasteiger partial charge in [-0.25, -0.2) is 4.39 Å². The fourth-order valence-corrected chi connectivity index (χ4v) is 2.26. The van der Waals surface area contributed by atoms with Gasteiger partial charge in [0.2, 0.25) is 0 Å². The van der Waals surface area contributed by atoms with E-state index < -0.39 is 0 Å². The molecule has 84 valence electrons. The van der Waals surface area contributed by atoms with Crippen LogP contribution >= 0.6 is 27.5 Å². The monoisotopic (exact) mass is 293 g/mol. The molecule has 15 heavy (non-hydrogen) atoms. The van der Waals surface area contributed by atoms with Crippen molar-refractivity contribution >= 4 is 27.5 Å². The quantitative estimate of drug-likeness (QED) is 0.766. The minimum atomic E-state index is -0.216. The van der Waals surface area contributed by atoms with Crippen LogP contribution in [0.2, 0.25) is 0 Å². The Morgan fingerprint density at radius 1 is 1.47 bits per heavy atom. The zero-order valence-corrected chi connectivity index (χ0v) is 11.1. The summed E-state index contributed by atoms with van der Waals surface area (Å²) in [5.41, 5.74) is 0.946. The summed E-state index contributed by atoms with van der Waals surface area (Å²) in [4.78, 5) is 2.07. The Morgan fingerprint density at radius 3 is 2.67 bits per heavy atom. The second kappa shape index (κ2) is 5.83. The normalized spacial score (nSPS) is 13.2. The standard InChI is InChI=1S/C11H14BrClFN/c1-8(13)6-15(2)7-9-3-10(12)5-11(14)4-9/h3-5,8H,6-7H2,1-2H3. The molecule has 1 nitrogen and oxygen atoms in total. The second-order valence-electron chi connectivity index (χ2n) is 3.76. The van der Waals surface area contributed by atoms with Crippen molar-refractivity contribution in [1.29, 1.82) is 0 Å². The van der Waals surface area contributed by atoms with Gasteiger partial charge in [-0.2, -0.15) is 0 Å². The highest BCUT2D eigenvalue weighted by Gasteiger charge is 2.05. The van der Waals surface area contributed by atoms with Crippen molar-refractivity contribution in [3.8, 4) is 0 Å². The first-order valence-corrected chi connectivity index (χ1v) is 5.98. The van der Waals surface area contributed by atoms with Gasteiger partial charge in [0.25, 0.3) is 0 Å². The molecule has 0 saturated carbocycles. The molecule has 1 rings (SSSR count). The molecule has 1 aromatic rings. The molecular formula is C11H14BrClFN. The molecule has 1 unspecified atom stereocenters. The van der Waals surface area contributed by atoms with Gasteiger partial charge in [-0.15, -0.1) is 11.6 Å². The van der Waals surface area contributed by atoms with E-state index in [-0.39, 0.29) is 11.2 Å². The van der Waals surface area contributed by atoms with Gasteiger partial charge in [0.1, 0.15) is 5.82 Å². The molecule has 1 aromatic carbocycles. The molecule has 0 radical (unpaired) electrons. The summed E-state index contributed by atoms with van der Waals surface area (Å²) in [6.07, 6.45) is 0. The van der Waals surface area contributed by atoms with Crippen LogP contribution in [0.5, 0.6) is 0 Å². The molecule has 0 spiro atoms. The van der Waals surface area contributed by atoms with E-state index in [4.69, 9.17) is 11.6 Å². The Kier molecular flexibility index (Phi) is 5.03. The maximum atomic E-state index is 13.1. The Hall–Kier alpha value is -0.120. The topological polar surface area (TPSA) is 3.24 Å². The highest BCUT2D eigenvalue weighted by Crippen LogP contribution is 2.16. The van der Waals surface area contributed by atoms with E-state index >= 15 is 0 Å². The van der Waals surface area contributed by atoms with Crippen LogP contribution in [0.1, 0.15) is 12.5 Å². The lowest BCUT2D eigenvalue weighted by atomic mass is 10.2. The van der Waals surface area contributed by atoms with Crippen molar-refractivity contribution < 1.29 is 4.39 Å². The molecule has 0 aliphatic rings. The third kappa shape index (κ3) is 4.96. The van der Waals surface area contributed by atoms with Crippen LogP contribution in [0.25, 0.3) is 0 Å². The summed E-state index contributed by atoms with van der Waals surface area (Å²) < 4.78 is 13.8. The Morgan fingerprint density at radius 2 is 2.13 bits per heavy atom. The molecule has 0 heterocycles. The second-order valence-corrected chi connectivity index (χ2v) is 5.42. The summed E-state index contributed by atoms with van der Waals surface area (Å²) in [6.45, 7) is 3.43. The number of nitrogens with zero attached hydrogens (tertiary/aromatic N) is 1. The molecule has 0 saturated heterocycles. The van der Waals surface area contributed by atoms with Gasteiger partial charge in [0.15, 0.2) is 0 Å². The summed E-state index contributed by atoms with van der Waals surface area (Å²) in [6, 6.07) is 4.91. The SMILES string of the molecule is CC(Cl)CN(C)Cc1cc(F)cc(Br)c1. The first-order valence-electron chi connectivity index (χ1n) is 4.75. The lowest BCUT2D eigenvalue weighted by Crippen LogP contribution is -2.24. The third-order valence-corrected chi connectivity index (χ3v) is 2.53. The van der Waals surface area contributed by atoms with Crippen molar-refractivity contribution in [2.24, 2.45) is 0 Å². The van der Waals surface area contributed by atoms with Crippen molar-refractivity contribution in [2.45, 2.75) is 18.8 Å². The average molecular weight is 295 g/mol. The number of benzene rings is 1. The lowest BCUT2D eigenvalue weighted by Gasteiger charge is -2.18. The zero-order valence-electron chi connectivity index (χ0n) is 8.80. The van der Waals surface area contributed by atoms with E-state index in [1.54, 1.807) is 6.07 Å². The van der Waals surface area contributed by atoms with Gasteiger partial charge >= 0.3 is 0 Å². The minimum absolute atomic E-state index is 0.104. The first kappa shape index (κ1) is 12.9. The predicted molar refractivity (Wildman–Crippen MR) is 65.7 cm³/mol. The van der Waals surface area contributed by atoms with Gasteiger partial charge in [-0.1, -0.05) is 15.9 Å². The van der Waals surface area contributed by atoms with Crippen molar-refractivity contribution in [1.82, 2.24) is 4.90 Å². The molecule has 0 N–H and O–H groups in total. The molecule has 0 fully saturated rings. The molecule has 4 heteroatoms. The van der Waals surface area contributed by atoms with E-state index in [1.165, 1.54) is 6.07 Å². The van der Waals surface area contributed by atoms with Crippen LogP contribution in [-0.2, 0) is 6.54 Å². The van der Waals surface area contributed by atoms with E-state index in [9.17, 15) is 4.39 Å². The number of hydrogen-bond donors (Lipinski definition) is 0. The van der Waals surface area contributed by atoms with Crippen LogP contribution in [-0.4, -0.2) is 23.9 Å². The molecular weight excluding hydrogens is 280 g/mol. The number of hydrogen-bond acceptors (Lipinski definition) is 1. The Bertz CT molecular complexity index is 310. The van der Waals surface area contributed by atoms with Crippen LogP contribution < -0.4 is 0 Å². The summed E-state index contributed by atoms with van der Waals surface area (Å²) >= 11 is 9.15. The Balaban J connectivity index is 2.63. The molecule has 0 aromatic heterocycles. The largest absolute Gasteiger partial charge is 0.301 e. The van der Waals surface area contributed by atoms with Gasteiger partial charge in [0.05, 0.1) is 0 Å². The molecule has 0 bridgehead atoms. The maximum absolute atomic E-state index is 13.1. The van der Waals surface area contributed by atoms with Gasteiger partial charge in [0, 0.05) is 22.9 Å². The van der Waals surface area contributed by atoms with Crippen molar-refractivity contribution in [3.05, 3.63) is 34.1 Å². The highest BCUT2D eigenvalue weighted by molar-refractivity contribution is 9.10.